The van der Waals surface area contributed by atoms with Crippen LogP contribution < -0.4 is 25.3 Å². The van der Waals surface area contributed by atoms with Crippen molar-refractivity contribution in [2.45, 2.75) is 31.5 Å². The lowest BCUT2D eigenvalue weighted by molar-refractivity contribution is -0.0554. The van der Waals surface area contributed by atoms with E-state index in [0.29, 0.717) is 54.6 Å². The molecule has 4 N–H and O–H groups in total. The van der Waals surface area contributed by atoms with Gasteiger partial charge in [-0.1, -0.05) is 30.3 Å². The number of carbonyl (C=O) groups excluding carboxylic acids is 1. The van der Waals surface area contributed by atoms with Crippen LogP contribution >= 0.6 is 0 Å². The molecule has 4 rings (SSSR count). The highest BCUT2D eigenvalue weighted by Crippen LogP contribution is 2.33. The number of nitrogens with one attached hydrogen (secondary N) is 2. The number of ether oxygens (including phenoxy) is 4. The number of carbonyl (C=O) groups is 1. The molecule has 0 radical (unpaired) electrons. The van der Waals surface area contributed by atoms with Crippen LogP contribution in [0, 0.1) is 5.41 Å². The summed E-state index contributed by atoms with van der Waals surface area (Å²) in [6.45, 7) is 2.20. The maximum atomic E-state index is 13.6. The van der Waals surface area contributed by atoms with Crippen molar-refractivity contribution in [1.82, 2.24) is 4.90 Å². The summed E-state index contributed by atoms with van der Waals surface area (Å²) in [7, 11) is 4.94. The summed E-state index contributed by atoms with van der Waals surface area (Å²) >= 11 is 0. The van der Waals surface area contributed by atoms with Gasteiger partial charge in [0.2, 0.25) is 0 Å². The summed E-state index contributed by atoms with van der Waals surface area (Å²) in [6, 6.07) is 20.9. The first-order valence-corrected chi connectivity index (χ1v) is 14.0. The van der Waals surface area contributed by atoms with Crippen molar-refractivity contribution < 1.29 is 23.7 Å². The minimum Gasteiger partial charge on any atom is -0.497 e. The molecular formula is C33H40N4O5. The molecule has 0 bridgehead atoms. The average molecular weight is 573 g/mol. The number of allylic oxidation sites excluding steroid dienone is 1. The predicted molar refractivity (Wildman–Crippen MR) is 166 cm³/mol. The second kappa shape index (κ2) is 14.4. The summed E-state index contributed by atoms with van der Waals surface area (Å²) in [5.74, 6) is 1.72. The van der Waals surface area contributed by atoms with E-state index in [1.165, 1.54) is 12.4 Å². The normalized spacial score (nSPS) is 14.6. The molecule has 0 spiro atoms. The Morgan fingerprint density at radius 3 is 2.36 bits per heavy atom. The number of hydrogen-bond acceptors (Lipinski definition) is 8. The van der Waals surface area contributed by atoms with Crippen molar-refractivity contribution >= 4 is 23.4 Å². The van der Waals surface area contributed by atoms with Gasteiger partial charge in [0.25, 0.3) is 5.91 Å². The highest BCUT2D eigenvalue weighted by atomic mass is 16.5. The van der Waals surface area contributed by atoms with Gasteiger partial charge in [-0.15, -0.1) is 0 Å². The van der Waals surface area contributed by atoms with E-state index in [-0.39, 0.29) is 11.5 Å². The van der Waals surface area contributed by atoms with Crippen LogP contribution in [0.4, 0.5) is 5.69 Å². The highest BCUT2D eigenvalue weighted by molar-refractivity contribution is 6.09. The second-order valence-electron chi connectivity index (χ2n) is 10.2. The third-order valence-electron chi connectivity index (χ3n) is 7.81. The minimum atomic E-state index is -0.337. The Labute approximate surface area is 247 Å². The van der Waals surface area contributed by atoms with E-state index in [1.807, 2.05) is 53.4 Å². The molecule has 1 saturated heterocycles. The zero-order chi connectivity index (χ0) is 30.0. The number of nitrogens with two attached hydrogens (primary N) is 1. The third kappa shape index (κ3) is 7.22. The lowest BCUT2D eigenvalue weighted by atomic mass is 9.87. The number of piperidine rings is 1. The van der Waals surface area contributed by atoms with Gasteiger partial charge in [0.15, 0.2) is 0 Å². The van der Waals surface area contributed by atoms with E-state index >= 15 is 0 Å². The smallest absolute Gasteiger partial charge is 0.257 e. The van der Waals surface area contributed by atoms with Crippen LogP contribution in [0.15, 0.2) is 72.9 Å². The molecule has 1 fully saturated rings. The average Bonchev–Trinajstić information content (AvgIpc) is 3.05. The molecule has 9 heteroatoms. The molecule has 1 amide bonds. The molecule has 42 heavy (non-hydrogen) atoms. The molecule has 3 aromatic carbocycles. The first-order valence-electron chi connectivity index (χ1n) is 14.0. The van der Waals surface area contributed by atoms with E-state index in [4.69, 9.17) is 30.1 Å². The van der Waals surface area contributed by atoms with Gasteiger partial charge in [-0.3, -0.25) is 4.79 Å². The van der Waals surface area contributed by atoms with Gasteiger partial charge >= 0.3 is 0 Å². The van der Waals surface area contributed by atoms with Gasteiger partial charge in [0, 0.05) is 68.1 Å². The molecule has 0 atom stereocenters. The molecule has 0 unspecified atom stereocenters. The van der Waals surface area contributed by atoms with E-state index in [1.54, 1.807) is 39.5 Å². The lowest BCUT2D eigenvalue weighted by Crippen LogP contribution is -2.48. The number of methoxy groups -OCH3 is 3. The van der Waals surface area contributed by atoms with Crippen molar-refractivity contribution in [3.8, 4) is 17.2 Å². The number of nitrogens with zero attached hydrogens (tertiary/aromatic N) is 1. The summed E-state index contributed by atoms with van der Waals surface area (Å²) in [5, 5.41) is 11.0. The van der Waals surface area contributed by atoms with Crippen LogP contribution in [0.5, 0.6) is 17.2 Å². The molecule has 3 aromatic rings. The fourth-order valence-electron chi connectivity index (χ4n) is 5.19. The number of hydrogen-bond donors (Lipinski definition) is 3. The SMILES string of the molecule is COc1ccc(C(=O)N2CCC(CCNc3ccc(/C(C=N)=C/N)c(OC)c3)(OC)CC2)c(OCc2ccccc2)c1. The fraction of sp³-hybridized carbons (Fsp3) is 0.333. The maximum absolute atomic E-state index is 13.6. The topological polar surface area (TPSA) is 119 Å². The Morgan fingerprint density at radius 1 is 0.976 bits per heavy atom. The van der Waals surface area contributed by atoms with E-state index in [2.05, 4.69) is 5.32 Å². The minimum absolute atomic E-state index is 0.0634. The quantitative estimate of drug-likeness (QED) is 0.236. The first-order chi connectivity index (χ1) is 20.5. The maximum Gasteiger partial charge on any atom is 0.257 e. The van der Waals surface area contributed by atoms with E-state index in [0.717, 1.165) is 36.1 Å². The van der Waals surface area contributed by atoms with Gasteiger partial charge in [0.05, 0.1) is 25.4 Å². The number of rotatable bonds is 13. The lowest BCUT2D eigenvalue weighted by Gasteiger charge is -2.41. The largest absolute Gasteiger partial charge is 0.497 e. The van der Waals surface area contributed by atoms with Crippen molar-refractivity contribution in [2.75, 3.05) is 46.3 Å². The molecule has 222 valence electrons. The Kier molecular flexibility index (Phi) is 10.4. The van der Waals surface area contributed by atoms with Crippen molar-refractivity contribution in [1.29, 1.82) is 5.41 Å². The van der Waals surface area contributed by atoms with E-state index in [9.17, 15) is 4.79 Å². The molecule has 0 saturated carbocycles. The van der Waals surface area contributed by atoms with Crippen molar-refractivity contribution in [2.24, 2.45) is 5.73 Å². The zero-order valence-electron chi connectivity index (χ0n) is 24.5. The van der Waals surface area contributed by atoms with Crippen LogP contribution in [-0.2, 0) is 11.3 Å². The van der Waals surface area contributed by atoms with Crippen LogP contribution in [0.3, 0.4) is 0 Å². The van der Waals surface area contributed by atoms with Crippen LogP contribution in [0.2, 0.25) is 0 Å². The van der Waals surface area contributed by atoms with Gasteiger partial charge < -0.3 is 40.3 Å². The molecular weight excluding hydrogens is 532 g/mol. The van der Waals surface area contributed by atoms with Gasteiger partial charge in [-0.05, 0) is 49.1 Å². The van der Waals surface area contributed by atoms with Gasteiger partial charge in [0.1, 0.15) is 23.9 Å². The Hall–Kier alpha value is -4.50. The van der Waals surface area contributed by atoms with Crippen LogP contribution in [-0.4, -0.2) is 63.6 Å². The number of likely N-dealkylation sites (tertiary alicyclic amines) is 1. The Balaban J connectivity index is 1.37. The van der Waals surface area contributed by atoms with Crippen molar-refractivity contribution in [3.63, 3.8) is 0 Å². The number of benzene rings is 3. The monoisotopic (exact) mass is 572 g/mol. The summed E-state index contributed by atoms with van der Waals surface area (Å²) in [4.78, 5) is 15.5. The molecule has 1 aliphatic heterocycles. The standard InChI is InChI=1S/C33H40N4O5/c1-39-27-10-12-29(31(20-27)42-23-24-7-5-4-6-8-24)32(38)37-17-14-33(41-3,15-18-37)13-16-36-26-9-11-28(25(21-34)22-35)30(19-26)40-2/h4-12,19-22,34,36H,13-18,23,35H2,1-3H3/b25-22+,34-21?. The highest BCUT2D eigenvalue weighted by Gasteiger charge is 2.36. The zero-order valence-corrected chi connectivity index (χ0v) is 24.5. The fourth-order valence-corrected chi connectivity index (χ4v) is 5.19. The molecule has 0 aromatic heterocycles. The third-order valence-corrected chi connectivity index (χ3v) is 7.81. The summed E-state index contributed by atoms with van der Waals surface area (Å²) in [5.41, 5.74) is 9.10. The van der Waals surface area contributed by atoms with E-state index < -0.39 is 0 Å². The molecule has 9 nitrogen and oxygen atoms in total. The number of amides is 1. The Bertz CT molecular complexity index is 1380. The van der Waals surface area contributed by atoms with Crippen molar-refractivity contribution in [3.05, 3.63) is 89.6 Å². The Morgan fingerprint density at radius 2 is 1.71 bits per heavy atom. The molecule has 1 heterocycles. The number of anilines is 1. The van der Waals surface area contributed by atoms with Crippen LogP contribution in [0.25, 0.3) is 5.57 Å². The molecule has 0 aliphatic carbocycles. The summed E-state index contributed by atoms with van der Waals surface area (Å²) < 4.78 is 23.0. The first kappa shape index (κ1) is 30.5. The summed E-state index contributed by atoms with van der Waals surface area (Å²) in [6.07, 6.45) is 4.82. The second-order valence-corrected chi connectivity index (χ2v) is 10.2. The van der Waals surface area contributed by atoms with Gasteiger partial charge in [-0.25, -0.2) is 0 Å². The van der Waals surface area contributed by atoms with Crippen LogP contribution in [0.1, 0.15) is 40.7 Å². The molecule has 1 aliphatic rings. The predicted octanol–water partition coefficient (Wildman–Crippen LogP) is 5.36. The van der Waals surface area contributed by atoms with Gasteiger partial charge in [-0.2, -0.15) is 0 Å².